The summed E-state index contributed by atoms with van der Waals surface area (Å²) in [6, 6.07) is 2.21. The van der Waals surface area contributed by atoms with E-state index in [-0.39, 0.29) is 0 Å². The number of nitrogens with one attached hydrogen (secondary N) is 2. The van der Waals surface area contributed by atoms with Crippen LogP contribution in [0.2, 0.25) is 10.0 Å². The smallest absolute Gasteiger partial charge is 0.147 e. The van der Waals surface area contributed by atoms with E-state index >= 15 is 0 Å². The van der Waals surface area contributed by atoms with Crippen molar-refractivity contribution in [1.29, 1.82) is 0 Å². The van der Waals surface area contributed by atoms with E-state index in [1.54, 1.807) is 6.07 Å². The normalized spacial score (nSPS) is 17.2. The van der Waals surface area contributed by atoms with Gasteiger partial charge in [0, 0.05) is 19.1 Å². The van der Waals surface area contributed by atoms with Gasteiger partial charge in [-0.25, -0.2) is 4.98 Å². The van der Waals surface area contributed by atoms with E-state index in [4.69, 9.17) is 23.2 Å². The molecule has 2 rings (SSSR count). The Morgan fingerprint density at radius 1 is 1.20 bits per heavy atom. The molecule has 2 heterocycles. The topological polar surface area (TPSA) is 40.2 Å². The van der Waals surface area contributed by atoms with Gasteiger partial charge in [-0.3, -0.25) is 4.90 Å². The summed E-state index contributed by atoms with van der Waals surface area (Å²) in [6.45, 7) is 8.22. The molecule has 1 saturated heterocycles. The molecular formula is C14H22Cl2N4. The number of likely N-dealkylation sites (tertiary alicyclic amines) is 1. The summed E-state index contributed by atoms with van der Waals surface area (Å²) < 4.78 is 0. The maximum atomic E-state index is 6.19. The van der Waals surface area contributed by atoms with E-state index < -0.39 is 0 Å². The van der Waals surface area contributed by atoms with Crippen LogP contribution in [0.25, 0.3) is 0 Å². The molecule has 0 aromatic carbocycles. The van der Waals surface area contributed by atoms with Crippen molar-refractivity contribution in [2.24, 2.45) is 0 Å². The van der Waals surface area contributed by atoms with E-state index in [2.05, 4.69) is 27.4 Å². The van der Waals surface area contributed by atoms with Crippen LogP contribution in [0.1, 0.15) is 26.7 Å². The molecule has 0 radical (unpaired) electrons. The van der Waals surface area contributed by atoms with Crippen LogP contribution in [0, 0.1) is 0 Å². The maximum Gasteiger partial charge on any atom is 0.147 e. The molecule has 4 nitrogen and oxygen atoms in total. The highest BCUT2D eigenvalue weighted by atomic mass is 35.5. The summed E-state index contributed by atoms with van der Waals surface area (Å²) >= 11 is 12.3. The molecule has 1 unspecified atom stereocenters. The molecule has 1 aromatic rings. The molecule has 0 saturated carbocycles. The molecule has 2 N–H and O–H groups in total. The number of hydrogen-bond acceptors (Lipinski definition) is 4. The maximum absolute atomic E-state index is 6.19. The molecule has 20 heavy (non-hydrogen) atoms. The van der Waals surface area contributed by atoms with Crippen LogP contribution in [0.4, 0.5) is 11.6 Å². The lowest BCUT2D eigenvalue weighted by Crippen LogP contribution is -2.35. The summed E-state index contributed by atoms with van der Waals surface area (Å²) in [5, 5.41) is 7.58. The van der Waals surface area contributed by atoms with Crippen molar-refractivity contribution in [3.63, 3.8) is 0 Å². The number of anilines is 2. The lowest BCUT2D eigenvalue weighted by molar-refractivity contribution is 0.269. The van der Waals surface area contributed by atoms with Gasteiger partial charge < -0.3 is 10.6 Å². The number of halogens is 2. The van der Waals surface area contributed by atoms with Gasteiger partial charge in [0.2, 0.25) is 0 Å². The van der Waals surface area contributed by atoms with E-state index in [0.29, 0.717) is 27.7 Å². The fourth-order valence-corrected chi connectivity index (χ4v) is 2.93. The summed E-state index contributed by atoms with van der Waals surface area (Å²) in [6.07, 6.45) is 2.60. The van der Waals surface area contributed by atoms with Crippen LogP contribution < -0.4 is 10.6 Å². The second kappa shape index (κ2) is 7.34. The Balaban J connectivity index is 1.99. The molecule has 112 valence electrons. The Morgan fingerprint density at radius 2 is 1.80 bits per heavy atom. The van der Waals surface area contributed by atoms with Crippen molar-refractivity contribution in [2.75, 3.05) is 36.8 Å². The van der Waals surface area contributed by atoms with Crippen LogP contribution in [0.15, 0.2) is 6.07 Å². The second-order valence-corrected chi connectivity index (χ2v) is 5.97. The number of hydrogen-bond donors (Lipinski definition) is 2. The third-order valence-corrected chi connectivity index (χ3v) is 4.18. The van der Waals surface area contributed by atoms with Gasteiger partial charge in [-0.2, -0.15) is 0 Å². The van der Waals surface area contributed by atoms with Crippen LogP contribution in [-0.4, -0.2) is 42.1 Å². The van der Waals surface area contributed by atoms with Crippen LogP contribution >= 0.6 is 23.2 Å². The highest BCUT2D eigenvalue weighted by molar-refractivity contribution is 6.37. The summed E-state index contributed by atoms with van der Waals surface area (Å²) in [4.78, 5) is 6.94. The van der Waals surface area contributed by atoms with Gasteiger partial charge in [0.15, 0.2) is 0 Å². The van der Waals surface area contributed by atoms with Gasteiger partial charge in [-0.05, 0) is 45.8 Å². The van der Waals surface area contributed by atoms with E-state index in [0.717, 1.165) is 13.1 Å². The predicted molar refractivity (Wildman–Crippen MR) is 87.2 cm³/mol. The Kier molecular flexibility index (Phi) is 5.75. The monoisotopic (exact) mass is 316 g/mol. The Morgan fingerprint density at radius 3 is 2.40 bits per heavy atom. The average Bonchev–Trinajstić information content (AvgIpc) is 2.94. The molecule has 0 amide bonds. The third kappa shape index (κ3) is 3.90. The minimum absolute atomic E-state index is 0.480. The fourth-order valence-electron chi connectivity index (χ4n) is 2.44. The lowest BCUT2D eigenvalue weighted by Gasteiger charge is -2.24. The molecule has 1 atom stereocenters. The van der Waals surface area contributed by atoms with Gasteiger partial charge in [-0.1, -0.05) is 23.2 Å². The predicted octanol–water partition coefficient (Wildman–Crippen LogP) is 3.72. The van der Waals surface area contributed by atoms with Gasteiger partial charge in [0.05, 0.1) is 10.0 Å². The molecule has 1 aliphatic heterocycles. The third-order valence-electron chi connectivity index (χ3n) is 3.60. The Bertz CT molecular complexity index is 447. The second-order valence-electron chi connectivity index (χ2n) is 5.15. The van der Waals surface area contributed by atoms with Crippen molar-refractivity contribution < 1.29 is 0 Å². The molecule has 0 bridgehead atoms. The fraction of sp³-hybridized carbons (Fsp3) is 0.643. The first-order valence-corrected chi connectivity index (χ1v) is 7.95. The van der Waals surface area contributed by atoms with Crippen molar-refractivity contribution in [3.05, 3.63) is 16.1 Å². The van der Waals surface area contributed by atoms with Gasteiger partial charge in [0.1, 0.15) is 11.6 Å². The molecule has 0 aliphatic carbocycles. The Labute approximate surface area is 130 Å². The first kappa shape index (κ1) is 15.7. The van der Waals surface area contributed by atoms with Gasteiger partial charge in [0.25, 0.3) is 0 Å². The van der Waals surface area contributed by atoms with Crippen LogP contribution in [0.5, 0.6) is 0 Å². The first-order valence-electron chi connectivity index (χ1n) is 7.19. The number of nitrogens with zero attached hydrogens (tertiary/aromatic N) is 2. The van der Waals surface area contributed by atoms with Crippen molar-refractivity contribution in [2.45, 2.75) is 32.7 Å². The lowest BCUT2D eigenvalue weighted by atomic mass is 10.3. The van der Waals surface area contributed by atoms with Gasteiger partial charge >= 0.3 is 0 Å². The van der Waals surface area contributed by atoms with E-state index in [1.807, 2.05) is 6.92 Å². The first-order chi connectivity index (χ1) is 9.61. The SMILES string of the molecule is CCNc1nc(NCC(C)N2CCCC2)c(Cl)cc1Cl. The molecule has 6 heteroatoms. The zero-order valence-electron chi connectivity index (χ0n) is 12.0. The molecule has 1 fully saturated rings. The van der Waals surface area contributed by atoms with Gasteiger partial charge in [-0.15, -0.1) is 0 Å². The standard InChI is InChI=1S/C14H22Cl2N4/c1-3-17-13-11(15)8-12(16)14(19-13)18-9-10(2)20-6-4-5-7-20/h8,10H,3-7,9H2,1-2H3,(H2,17,18,19). The molecular weight excluding hydrogens is 295 g/mol. The van der Waals surface area contributed by atoms with Crippen molar-refractivity contribution in [1.82, 2.24) is 9.88 Å². The van der Waals surface area contributed by atoms with Crippen LogP contribution in [-0.2, 0) is 0 Å². The van der Waals surface area contributed by atoms with E-state index in [9.17, 15) is 0 Å². The minimum atomic E-state index is 0.480. The average molecular weight is 317 g/mol. The zero-order chi connectivity index (χ0) is 14.5. The molecule has 0 spiro atoms. The highest BCUT2D eigenvalue weighted by Crippen LogP contribution is 2.29. The zero-order valence-corrected chi connectivity index (χ0v) is 13.6. The molecule has 1 aliphatic rings. The van der Waals surface area contributed by atoms with Crippen molar-refractivity contribution in [3.8, 4) is 0 Å². The number of rotatable bonds is 6. The number of aromatic nitrogens is 1. The summed E-state index contributed by atoms with van der Waals surface area (Å²) in [5.41, 5.74) is 0. The summed E-state index contributed by atoms with van der Waals surface area (Å²) in [5.74, 6) is 1.37. The molecule has 1 aromatic heterocycles. The Hall–Kier alpha value is -0.710. The summed E-state index contributed by atoms with van der Waals surface area (Å²) in [7, 11) is 0. The van der Waals surface area contributed by atoms with Crippen molar-refractivity contribution >= 4 is 34.8 Å². The van der Waals surface area contributed by atoms with E-state index in [1.165, 1.54) is 25.9 Å². The van der Waals surface area contributed by atoms with Crippen LogP contribution in [0.3, 0.4) is 0 Å². The quantitative estimate of drug-likeness (QED) is 0.839. The largest absolute Gasteiger partial charge is 0.369 e. The highest BCUT2D eigenvalue weighted by Gasteiger charge is 2.18. The number of pyridine rings is 1. The minimum Gasteiger partial charge on any atom is -0.369 e.